The Balaban J connectivity index is 2.26. The van der Waals surface area contributed by atoms with E-state index in [2.05, 4.69) is 38.8 Å². The maximum Gasteiger partial charge on any atom is 0.118 e. The molecule has 0 bridgehead atoms. The van der Waals surface area contributed by atoms with Gasteiger partial charge in [0, 0.05) is 9.65 Å². The fourth-order valence-corrected chi connectivity index (χ4v) is 3.50. The quantitative estimate of drug-likeness (QED) is 0.598. The van der Waals surface area contributed by atoms with Gasteiger partial charge in [0.2, 0.25) is 0 Å². The van der Waals surface area contributed by atoms with Gasteiger partial charge in [0.05, 0.1) is 0 Å². The van der Waals surface area contributed by atoms with Gasteiger partial charge in [0.25, 0.3) is 0 Å². The molecule has 1 aromatic rings. The van der Waals surface area contributed by atoms with Crippen LogP contribution < -0.4 is 0 Å². The standard InChI is InChI=1S/C15H22Br2O/c1-2-6-13(16)8-5-9-14(17)11-12-7-3-4-10-15(12)18/h3-4,7,10,13-14,18H,2,5-6,8-9,11H2,1H3. The number of halogens is 2. The largest absolute Gasteiger partial charge is 0.508 e. The number of hydrogen-bond donors (Lipinski definition) is 1. The number of phenols is 1. The molecule has 0 fully saturated rings. The Bertz CT molecular complexity index is 341. The zero-order valence-corrected chi connectivity index (χ0v) is 14.1. The van der Waals surface area contributed by atoms with Gasteiger partial charge in [-0.05, 0) is 37.3 Å². The first-order valence-corrected chi connectivity index (χ1v) is 8.51. The van der Waals surface area contributed by atoms with Crippen LogP contribution in [0, 0.1) is 0 Å². The van der Waals surface area contributed by atoms with Crippen molar-refractivity contribution in [3.05, 3.63) is 29.8 Å². The van der Waals surface area contributed by atoms with Crippen molar-refractivity contribution in [1.82, 2.24) is 0 Å². The Morgan fingerprint density at radius 2 is 1.72 bits per heavy atom. The SMILES string of the molecule is CCCC(Br)CCCC(Br)Cc1ccccc1O. The molecule has 0 aliphatic carbocycles. The smallest absolute Gasteiger partial charge is 0.118 e. The molecule has 0 aliphatic rings. The van der Waals surface area contributed by atoms with Crippen LogP contribution in [0.1, 0.15) is 44.6 Å². The summed E-state index contributed by atoms with van der Waals surface area (Å²) in [5.41, 5.74) is 1.03. The molecule has 0 aliphatic heterocycles. The van der Waals surface area contributed by atoms with E-state index >= 15 is 0 Å². The summed E-state index contributed by atoms with van der Waals surface area (Å²) < 4.78 is 0. The molecule has 2 unspecified atom stereocenters. The van der Waals surface area contributed by atoms with Gasteiger partial charge < -0.3 is 5.11 Å². The Morgan fingerprint density at radius 3 is 2.39 bits per heavy atom. The van der Waals surface area contributed by atoms with Crippen LogP contribution in [0.5, 0.6) is 5.75 Å². The second kappa shape index (κ2) is 8.98. The van der Waals surface area contributed by atoms with Crippen LogP contribution >= 0.6 is 31.9 Å². The van der Waals surface area contributed by atoms with Gasteiger partial charge in [0.15, 0.2) is 0 Å². The van der Waals surface area contributed by atoms with Gasteiger partial charge in [-0.1, -0.05) is 69.8 Å². The van der Waals surface area contributed by atoms with Crippen molar-refractivity contribution in [3.63, 3.8) is 0 Å². The van der Waals surface area contributed by atoms with Crippen LogP contribution in [-0.2, 0) is 6.42 Å². The zero-order chi connectivity index (χ0) is 13.4. The van der Waals surface area contributed by atoms with E-state index in [-0.39, 0.29) is 0 Å². The van der Waals surface area contributed by atoms with E-state index in [1.165, 1.54) is 25.7 Å². The van der Waals surface area contributed by atoms with Gasteiger partial charge >= 0.3 is 0 Å². The van der Waals surface area contributed by atoms with Crippen LogP contribution in [0.25, 0.3) is 0 Å². The summed E-state index contributed by atoms with van der Waals surface area (Å²) in [6, 6.07) is 7.59. The Morgan fingerprint density at radius 1 is 1.06 bits per heavy atom. The van der Waals surface area contributed by atoms with E-state index in [0.29, 0.717) is 15.4 Å². The number of para-hydroxylation sites is 1. The lowest BCUT2D eigenvalue weighted by atomic mass is 10.0. The third-order valence-electron chi connectivity index (χ3n) is 3.07. The average Bonchev–Trinajstić information content (AvgIpc) is 2.32. The maximum atomic E-state index is 9.71. The zero-order valence-electron chi connectivity index (χ0n) is 10.9. The fraction of sp³-hybridized carbons (Fsp3) is 0.600. The highest BCUT2D eigenvalue weighted by Crippen LogP contribution is 2.24. The van der Waals surface area contributed by atoms with Crippen molar-refractivity contribution >= 4 is 31.9 Å². The lowest BCUT2D eigenvalue weighted by Crippen LogP contribution is -2.05. The Hall–Kier alpha value is -0.0200. The summed E-state index contributed by atoms with van der Waals surface area (Å²) in [6.07, 6.45) is 7.00. The molecule has 0 saturated carbocycles. The number of benzene rings is 1. The predicted molar refractivity (Wildman–Crippen MR) is 86.0 cm³/mol. The molecule has 0 amide bonds. The molecule has 0 spiro atoms. The van der Waals surface area contributed by atoms with Crippen molar-refractivity contribution in [2.45, 2.75) is 55.1 Å². The van der Waals surface area contributed by atoms with Crippen LogP contribution in [-0.4, -0.2) is 14.8 Å². The normalized spacial score (nSPS) is 14.4. The van der Waals surface area contributed by atoms with E-state index in [4.69, 9.17) is 0 Å². The van der Waals surface area contributed by atoms with E-state index in [1.807, 2.05) is 18.2 Å². The molecule has 0 heterocycles. The van der Waals surface area contributed by atoms with E-state index < -0.39 is 0 Å². The summed E-state index contributed by atoms with van der Waals surface area (Å²) in [7, 11) is 0. The number of rotatable bonds is 8. The van der Waals surface area contributed by atoms with Crippen LogP contribution in [0.15, 0.2) is 24.3 Å². The van der Waals surface area contributed by atoms with Gasteiger partial charge in [-0.25, -0.2) is 0 Å². The maximum absolute atomic E-state index is 9.71. The highest BCUT2D eigenvalue weighted by Gasteiger charge is 2.10. The lowest BCUT2D eigenvalue weighted by Gasteiger charge is -2.12. The molecule has 1 nitrogen and oxygen atoms in total. The Kier molecular flexibility index (Phi) is 8.00. The van der Waals surface area contributed by atoms with Crippen molar-refractivity contribution in [3.8, 4) is 5.75 Å². The molecule has 0 radical (unpaired) electrons. The summed E-state index contributed by atoms with van der Waals surface area (Å²) in [5.74, 6) is 0.409. The molecular weight excluding hydrogens is 356 g/mol. The molecular formula is C15H22Br2O. The third kappa shape index (κ3) is 6.24. The van der Waals surface area contributed by atoms with Crippen molar-refractivity contribution in [2.24, 2.45) is 0 Å². The molecule has 18 heavy (non-hydrogen) atoms. The highest BCUT2D eigenvalue weighted by atomic mass is 79.9. The van der Waals surface area contributed by atoms with Crippen LogP contribution in [0.4, 0.5) is 0 Å². The first-order valence-electron chi connectivity index (χ1n) is 6.68. The molecule has 1 N–H and O–H groups in total. The first-order chi connectivity index (χ1) is 8.63. The molecule has 0 saturated heterocycles. The van der Waals surface area contributed by atoms with Gasteiger partial charge in [-0.3, -0.25) is 0 Å². The second-order valence-electron chi connectivity index (χ2n) is 4.75. The molecule has 0 aromatic heterocycles. The fourth-order valence-electron chi connectivity index (χ4n) is 2.04. The molecule has 3 heteroatoms. The van der Waals surface area contributed by atoms with Crippen molar-refractivity contribution in [2.75, 3.05) is 0 Å². The van der Waals surface area contributed by atoms with Crippen LogP contribution in [0.2, 0.25) is 0 Å². The highest BCUT2D eigenvalue weighted by molar-refractivity contribution is 9.09. The monoisotopic (exact) mass is 376 g/mol. The van der Waals surface area contributed by atoms with E-state index in [1.54, 1.807) is 6.07 Å². The van der Waals surface area contributed by atoms with Crippen molar-refractivity contribution < 1.29 is 5.11 Å². The lowest BCUT2D eigenvalue weighted by molar-refractivity contribution is 0.466. The first kappa shape index (κ1) is 16.0. The van der Waals surface area contributed by atoms with Gasteiger partial charge in [-0.2, -0.15) is 0 Å². The predicted octanol–water partition coefficient (Wildman–Crippen LogP) is 5.43. The summed E-state index contributed by atoms with van der Waals surface area (Å²) in [5, 5.41) is 9.71. The second-order valence-corrected chi connectivity index (χ2v) is 7.34. The number of aromatic hydroxyl groups is 1. The van der Waals surface area contributed by atoms with Gasteiger partial charge in [0.1, 0.15) is 5.75 Å². The minimum Gasteiger partial charge on any atom is -0.508 e. The summed E-state index contributed by atoms with van der Waals surface area (Å²) in [6.45, 7) is 2.22. The van der Waals surface area contributed by atoms with E-state index in [0.717, 1.165) is 18.4 Å². The summed E-state index contributed by atoms with van der Waals surface area (Å²) >= 11 is 7.42. The molecule has 1 rings (SSSR count). The van der Waals surface area contributed by atoms with E-state index in [9.17, 15) is 5.11 Å². The topological polar surface area (TPSA) is 20.2 Å². The third-order valence-corrected chi connectivity index (χ3v) is 4.77. The van der Waals surface area contributed by atoms with Crippen LogP contribution in [0.3, 0.4) is 0 Å². The minimum absolute atomic E-state index is 0.409. The summed E-state index contributed by atoms with van der Waals surface area (Å²) in [4.78, 5) is 1.11. The minimum atomic E-state index is 0.409. The van der Waals surface area contributed by atoms with Gasteiger partial charge in [-0.15, -0.1) is 0 Å². The number of alkyl halides is 2. The number of phenolic OH excluding ortho intramolecular Hbond substituents is 1. The number of hydrogen-bond acceptors (Lipinski definition) is 1. The average molecular weight is 378 g/mol. The molecule has 1 aromatic carbocycles. The Labute approximate surface area is 127 Å². The molecule has 102 valence electrons. The van der Waals surface area contributed by atoms with Crippen molar-refractivity contribution in [1.29, 1.82) is 0 Å². The molecule has 2 atom stereocenters.